The minimum atomic E-state index is -0.239. The molecule has 146 valence electrons. The van der Waals surface area contributed by atoms with E-state index in [0.29, 0.717) is 16.3 Å². The summed E-state index contributed by atoms with van der Waals surface area (Å²) in [5.41, 5.74) is 3.09. The summed E-state index contributed by atoms with van der Waals surface area (Å²) in [6, 6.07) is 12.6. The number of anilines is 2. The summed E-state index contributed by atoms with van der Waals surface area (Å²) in [7, 11) is 1.59. The van der Waals surface area contributed by atoms with Gasteiger partial charge in [0.1, 0.15) is 0 Å². The van der Waals surface area contributed by atoms with Crippen molar-refractivity contribution < 1.29 is 9.59 Å². The second-order valence-electron chi connectivity index (χ2n) is 6.74. The highest BCUT2D eigenvalue weighted by Gasteiger charge is 2.14. The number of nitrogens with zero attached hydrogens (tertiary/aromatic N) is 1. The Balaban J connectivity index is 1.60. The van der Waals surface area contributed by atoms with Crippen LogP contribution in [0.15, 0.2) is 48.5 Å². The first-order valence-corrected chi connectivity index (χ1v) is 9.80. The number of halogens is 1. The zero-order chi connectivity index (χ0) is 19.9. The van der Waals surface area contributed by atoms with Gasteiger partial charge in [-0.25, -0.2) is 0 Å². The van der Waals surface area contributed by atoms with Crippen LogP contribution in [-0.2, 0) is 4.79 Å². The Labute approximate surface area is 170 Å². The van der Waals surface area contributed by atoms with E-state index >= 15 is 0 Å². The van der Waals surface area contributed by atoms with E-state index in [2.05, 4.69) is 15.5 Å². The molecule has 0 unspecified atom stereocenters. The Morgan fingerprint density at radius 3 is 2.39 bits per heavy atom. The summed E-state index contributed by atoms with van der Waals surface area (Å²) in [5.74, 6) is -0.379. The number of nitrogens with one attached hydrogen (secondary N) is 2. The van der Waals surface area contributed by atoms with Gasteiger partial charge in [0, 0.05) is 37.5 Å². The number of rotatable bonds is 5. The van der Waals surface area contributed by atoms with Crippen molar-refractivity contribution in [2.45, 2.75) is 19.3 Å². The average molecular weight is 398 g/mol. The van der Waals surface area contributed by atoms with Gasteiger partial charge < -0.3 is 15.5 Å². The van der Waals surface area contributed by atoms with Crippen molar-refractivity contribution in [3.63, 3.8) is 0 Å². The summed E-state index contributed by atoms with van der Waals surface area (Å²) in [6.07, 6.45) is 6.80. The molecule has 2 N–H and O–H groups in total. The molecule has 1 aliphatic heterocycles. The molecule has 28 heavy (non-hydrogen) atoms. The lowest BCUT2D eigenvalue weighted by atomic mass is 10.1. The summed E-state index contributed by atoms with van der Waals surface area (Å²) in [5, 5.41) is 6.05. The third kappa shape index (κ3) is 5.14. The predicted molar refractivity (Wildman–Crippen MR) is 115 cm³/mol. The predicted octanol–water partition coefficient (Wildman–Crippen LogP) is 4.34. The quantitative estimate of drug-likeness (QED) is 0.737. The van der Waals surface area contributed by atoms with E-state index in [-0.39, 0.29) is 11.8 Å². The molecule has 0 atom stereocenters. The van der Waals surface area contributed by atoms with Crippen molar-refractivity contribution in [1.29, 1.82) is 0 Å². The third-order valence-electron chi connectivity index (χ3n) is 4.74. The molecule has 0 saturated carbocycles. The van der Waals surface area contributed by atoms with Crippen molar-refractivity contribution in [3.05, 3.63) is 64.7 Å². The molecule has 5 nitrogen and oxygen atoms in total. The van der Waals surface area contributed by atoms with E-state index in [1.807, 2.05) is 12.1 Å². The minimum absolute atomic E-state index is 0.141. The molecule has 3 rings (SSSR count). The normalized spacial score (nSPS) is 14.1. The van der Waals surface area contributed by atoms with Crippen LogP contribution in [0.1, 0.15) is 35.2 Å². The van der Waals surface area contributed by atoms with Crippen LogP contribution in [0.5, 0.6) is 0 Å². The monoisotopic (exact) mass is 397 g/mol. The molecule has 0 aromatic heterocycles. The number of carbonyl (C=O) groups excluding carboxylic acids is 2. The molecular formula is C22H24ClN3O2. The van der Waals surface area contributed by atoms with Crippen molar-refractivity contribution in [1.82, 2.24) is 5.32 Å². The molecule has 2 amide bonds. The van der Waals surface area contributed by atoms with E-state index < -0.39 is 0 Å². The Hall–Kier alpha value is -2.79. The van der Waals surface area contributed by atoms with E-state index in [1.54, 1.807) is 43.5 Å². The van der Waals surface area contributed by atoms with Crippen LogP contribution in [0.25, 0.3) is 6.08 Å². The van der Waals surface area contributed by atoms with Gasteiger partial charge in [0.15, 0.2) is 0 Å². The molecule has 1 fully saturated rings. The van der Waals surface area contributed by atoms with Gasteiger partial charge in [0.25, 0.3) is 5.91 Å². The Morgan fingerprint density at radius 2 is 1.75 bits per heavy atom. The van der Waals surface area contributed by atoms with Gasteiger partial charge in [0.05, 0.1) is 10.7 Å². The molecule has 1 saturated heterocycles. The molecule has 0 radical (unpaired) electrons. The maximum atomic E-state index is 12.2. The first-order valence-electron chi connectivity index (χ1n) is 9.42. The summed E-state index contributed by atoms with van der Waals surface area (Å²) in [4.78, 5) is 26.0. The first-order chi connectivity index (χ1) is 13.6. The lowest BCUT2D eigenvalue weighted by Gasteiger charge is -2.29. The molecule has 2 aromatic rings. The standard InChI is InChI=1S/C22H24ClN3O2/c1-24-22(28)17-8-5-16(6-9-17)7-12-21(27)25-18-10-11-20(19(23)15-18)26-13-3-2-4-14-26/h5-12,15H,2-4,13-14H2,1H3,(H,24,28)(H,25,27)/b12-7+. The Morgan fingerprint density at radius 1 is 1.04 bits per heavy atom. The topological polar surface area (TPSA) is 61.4 Å². The maximum absolute atomic E-state index is 12.2. The van der Waals surface area contributed by atoms with Crippen LogP contribution in [0.3, 0.4) is 0 Å². The lowest BCUT2D eigenvalue weighted by Crippen LogP contribution is -2.29. The summed E-state index contributed by atoms with van der Waals surface area (Å²) >= 11 is 6.43. The largest absolute Gasteiger partial charge is 0.370 e. The second kappa shape index (κ2) is 9.42. The number of piperidine rings is 1. The molecule has 0 aliphatic carbocycles. The SMILES string of the molecule is CNC(=O)c1ccc(/C=C/C(=O)Nc2ccc(N3CCCCC3)c(Cl)c2)cc1. The lowest BCUT2D eigenvalue weighted by molar-refractivity contribution is -0.111. The van der Waals surface area contributed by atoms with E-state index in [9.17, 15) is 9.59 Å². The van der Waals surface area contributed by atoms with Gasteiger partial charge in [-0.2, -0.15) is 0 Å². The molecule has 1 aliphatic rings. The molecule has 1 heterocycles. The van der Waals surface area contributed by atoms with Crippen molar-refractivity contribution in [2.24, 2.45) is 0 Å². The highest BCUT2D eigenvalue weighted by atomic mass is 35.5. The Bertz CT molecular complexity index is 872. The third-order valence-corrected chi connectivity index (χ3v) is 5.04. The summed E-state index contributed by atoms with van der Waals surface area (Å²) in [6.45, 7) is 2.04. The van der Waals surface area contributed by atoms with Crippen molar-refractivity contribution >= 4 is 40.9 Å². The smallest absolute Gasteiger partial charge is 0.251 e. The highest BCUT2D eigenvalue weighted by Crippen LogP contribution is 2.30. The van der Waals surface area contributed by atoms with Crippen LogP contribution in [0.4, 0.5) is 11.4 Å². The van der Waals surface area contributed by atoms with Crippen LogP contribution in [0.2, 0.25) is 5.02 Å². The van der Waals surface area contributed by atoms with Gasteiger partial charge in [0.2, 0.25) is 5.91 Å². The van der Waals surface area contributed by atoms with Crippen LogP contribution >= 0.6 is 11.6 Å². The fraction of sp³-hybridized carbons (Fsp3) is 0.273. The van der Waals surface area contributed by atoms with Crippen LogP contribution in [-0.4, -0.2) is 32.0 Å². The fourth-order valence-electron chi connectivity index (χ4n) is 3.22. The second-order valence-corrected chi connectivity index (χ2v) is 7.14. The zero-order valence-electron chi connectivity index (χ0n) is 15.9. The highest BCUT2D eigenvalue weighted by molar-refractivity contribution is 6.33. The molecule has 0 bridgehead atoms. The fourth-order valence-corrected chi connectivity index (χ4v) is 3.52. The Kier molecular flexibility index (Phi) is 6.71. The van der Waals surface area contributed by atoms with Crippen LogP contribution < -0.4 is 15.5 Å². The van der Waals surface area contributed by atoms with Gasteiger partial charge >= 0.3 is 0 Å². The van der Waals surface area contributed by atoms with Crippen molar-refractivity contribution in [2.75, 3.05) is 30.4 Å². The van der Waals surface area contributed by atoms with Gasteiger partial charge in [-0.1, -0.05) is 23.7 Å². The molecule has 2 aromatic carbocycles. The molecular weight excluding hydrogens is 374 g/mol. The van der Waals surface area contributed by atoms with Gasteiger partial charge in [-0.15, -0.1) is 0 Å². The number of amides is 2. The number of benzene rings is 2. The van der Waals surface area contributed by atoms with Crippen LogP contribution in [0, 0.1) is 0 Å². The van der Waals surface area contributed by atoms with E-state index in [0.717, 1.165) is 24.3 Å². The number of carbonyl (C=O) groups is 2. The van der Waals surface area contributed by atoms with E-state index in [4.69, 9.17) is 11.6 Å². The maximum Gasteiger partial charge on any atom is 0.251 e. The van der Waals surface area contributed by atoms with E-state index in [1.165, 1.54) is 25.3 Å². The van der Waals surface area contributed by atoms with Crippen molar-refractivity contribution in [3.8, 4) is 0 Å². The molecule has 6 heteroatoms. The van der Waals surface area contributed by atoms with Gasteiger partial charge in [-0.05, 0) is 61.2 Å². The minimum Gasteiger partial charge on any atom is -0.370 e. The number of hydrogen-bond donors (Lipinski definition) is 2. The zero-order valence-corrected chi connectivity index (χ0v) is 16.6. The first kappa shape index (κ1) is 20.0. The number of hydrogen-bond acceptors (Lipinski definition) is 3. The average Bonchev–Trinajstić information content (AvgIpc) is 2.73. The summed E-state index contributed by atoms with van der Waals surface area (Å²) < 4.78 is 0. The van der Waals surface area contributed by atoms with Gasteiger partial charge in [-0.3, -0.25) is 9.59 Å². The molecule has 0 spiro atoms.